The molecule has 0 N–H and O–H groups in total. The molecule has 3 heteroatoms. The molecule has 0 bridgehead atoms. The van der Waals surface area contributed by atoms with Gasteiger partial charge in [0.15, 0.2) is 4.87 Å². The van der Waals surface area contributed by atoms with Crippen molar-refractivity contribution in [2.75, 3.05) is 13.6 Å². The summed E-state index contributed by atoms with van der Waals surface area (Å²) < 4.78 is 0. The lowest BCUT2D eigenvalue weighted by Crippen LogP contribution is -2.22. The summed E-state index contributed by atoms with van der Waals surface area (Å²) in [6.45, 7) is 0.688. The molecule has 0 aliphatic carbocycles. The molecule has 0 amide bonds. The highest BCUT2D eigenvalue weighted by atomic mass is 16.3. The molecule has 0 atom stereocenters. The Labute approximate surface area is 76.8 Å². The molecule has 0 fully saturated rings. The standard InChI is InChI=1S/C10H11N2O/c1-11-8-7-10(12(11)13)9-5-3-2-4-6-9/h2-7H,8H2,1H3/q+1. The van der Waals surface area contributed by atoms with Crippen molar-refractivity contribution < 1.29 is 4.87 Å². The topological polar surface area (TPSA) is 23.3 Å². The minimum atomic E-state index is 0.688. The van der Waals surface area contributed by atoms with Gasteiger partial charge >= 0.3 is 0 Å². The molecule has 2 rings (SSSR count). The number of rotatable bonds is 1. The van der Waals surface area contributed by atoms with Crippen LogP contribution >= 0.6 is 0 Å². The number of nitroso groups, excluding NO2 is 1. The highest BCUT2D eigenvalue weighted by Gasteiger charge is 2.30. The van der Waals surface area contributed by atoms with E-state index in [-0.39, 0.29) is 0 Å². The van der Waals surface area contributed by atoms with Gasteiger partial charge in [-0.05, 0) is 12.1 Å². The van der Waals surface area contributed by atoms with Crippen LogP contribution in [0.5, 0.6) is 0 Å². The van der Waals surface area contributed by atoms with E-state index in [9.17, 15) is 4.91 Å². The first kappa shape index (κ1) is 7.98. The van der Waals surface area contributed by atoms with Gasteiger partial charge in [0.2, 0.25) is 0 Å². The Bertz CT molecular complexity index is 356. The molecule has 0 radical (unpaired) electrons. The third-order valence-corrected chi connectivity index (χ3v) is 2.13. The molecular weight excluding hydrogens is 164 g/mol. The number of benzene rings is 1. The van der Waals surface area contributed by atoms with Crippen LogP contribution in [0.4, 0.5) is 0 Å². The average molecular weight is 175 g/mol. The predicted octanol–water partition coefficient (Wildman–Crippen LogP) is 1.67. The van der Waals surface area contributed by atoms with Crippen molar-refractivity contribution in [3.05, 3.63) is 46.9 Å². The predicted molar refractivity (Wildman–Crippen MR) is 50.7 cm³/mol. The summed E-state index contributed by atoms with van der Waals surface area (Å²) in [5.74, 6) is 0. The quantitative estimate of drug-likeness (QED) is 0.606. The molecule has 13 heavy (non-hydrogen) atoms. The van der Waals surface area contributed by atoms with E-state index in [1.165, 1.54) is 0 Å². The molecule has 0 spiro atoms. The van der Waals surface area contributed by atoms with E-state index >= 15 is 0 Å². The van der Waals surface area contributed by atoms with Gasteiger partial charge in [-0.1, -0.05) is 18.2 Å². The van der Waals surface area contributed by atoms with Gasteiger partial charge in [-0.3, -0.25) is 0 Å². The summed E-state index contributed by atoms with van der Waals surface area (Å²) in [6.07, 6.45) is 1.93. The first-order chi connectivity index (χ1) is 6.29. The van der Waals surface area contributed by atoms with E-state index in [1.807, 2.05) is 36.4 Å². The van der Waals surface area contributed by atoms with E-state index in [0.29, 0.717) is 6.54 Å². The fourth-order valence-electron chi connectivity index (χ4n) is 1.39. The van der Waals surface area contributed by atoms with Crippen molar-refractivity contribution >= 4 is 5.70 Å². The Kier molecular flexibility index (Phi) is 1.85. The van der Waals surface area contributed by atoms with Gasteiger partial charge in [0, 0.05) is 6.08 Å². The van der Waals surface area contributed by atoms with Crippen LogP contribution in [0.2, 0.25) is 0 Å². The zero-order valence-electron chi connectivity index (χ0n) is 7.47. The van der Waals surface area contributed by atoms with Gasteiger partial charge < -0.3 is 0 Å². The summed E-state index contributed by atoms with van der Waals surface area (Å²) in [5, 5.41) is 1.63. The molecule has 1 aliphatic rings. The van der Waals surface area contributed by atoms with Crippen LogP contribution in [-0.2, 0) is 0 Å². The number of likely N-dealkylation sites (N-methyl/N-ethyl adjacent to an activating group) is 1. The first-order valence-corrected chi connectivity index (χ1v) is 4.23. The van der Waals surface area contributed by atoms with Crippen LogP contribution < -0.4 is 0 Å². The van der Waals surface area contributed by atoms with Gasteiger partial charge in [-0.2, -0.15) is 0 Å². The molecule has 0 aromatic heterocycles. The van der Waals surface area contributed by atoms with Crippen molar-refractivity contribution in [2.24, 2.45) is 0 Å². The van der Waals surface area contributed by atoms with E-state index in [1.54, 1.807) is 12.1 Å². The fraction of sp³-hybridized carbons (Fsp3) is 0.200. The molecule has 0 saturated heterocycles. The molecule has 3 nitrogen and oxygen atoms in total. The molecule has 1 aromatic carbocycles. The zero-order chi connectivity index (χ0) is 9.26. The van der Waals surface area contributed by atoms with Crippen LogP contribution in [0.3, 0.4) is 0 Å². The van der Waals surface area contributed by atoms with E-state index < -0.39 is 0 Å². The molecule has 1 aliphatic heterocycles. The van der Waals surface area contributed by atoms with Crippen molar-refractivity contribution in [1.82, 2.24) is 5.01 Å². The Morgan fingerprint density at radius 3 is 2.54 bits per heavy atom. The van der Waals surface area contributed by atoms with Gasteiger partial charge in [-0.15, -0.1) is 5.01 Å². The summed E-state index contributed by atoms with van der Waals surface area (Å²) in [4.78, 5) is 12.4. The Morgan fingerprint density at radius 2 is 2.00 bits per heavy atom. The van der Waals surface area contributed by atoms with Gasteiger partial charge in [0.05, 0.1) is 17.5 Å². The Hall–Kier alpha value is -1.64. The fourth-order valence-corrected chi connectivity index (χ4v) is 1.39. The summed E-state index contributed by atoms with van der Waals surface area (Å²) in [5.41, 5.74) is 1.71. The second kappa shape index (κ2) is 3.01. The number of hydrazine groups is 1. The average Bonchev–Trinajstić information content (AvgIpc) is 2.49. The molecule has 0 saturated carbocycles. The second-order valence-electron chi connectivity index (χ2n) is 3.07. The number of hydrogen-bond acceptors (Lipinski definition) is 1. The SMILES string of the molecule is CN1CC=C(c2ccccc2)[N+]1=O. The highest BCUT2D eigenvalue weighted by molar-refractivity contribution is 5.59. The smallest absolute Gasteiger partial charge is 0.134 e. The van der Waals surface area contributed by atoms with Crippen molar-refractivity contribution in [2.45, 2.75) is 0 Å². The third-order valence-electron chi connectivity index (χ3n) is 2.13. The van der Waals surface area contributed by atoms with Crippen LogP contribution in [0.25, 0.3) is 5.70 Å². The largest absolute Gasteiger partial charge is 0.297 e. The summed E-state index contributed by atoms with van der Waals surface area (Å²) >= 11 is 0. The molecule has 1 heterocycles. The second-order valence-corrected chi connectivity index (χ2v) is 3.07. The number of hydrogen-bond donors (Lipinski definition) is 0. The Morgan fingerprint density at radius 1 is 1.31 bits per heavy atom. The van der Waals surface area contributed by atoms with Gasteiger partial charge in [0.25, 0.3) is 5.70 Å². The van der Waals surface area contributed by atoms with Gasteiger partial charge in [-0.25, -0.2) is 0 Å². The zero-order valence-corrected chi connectivity index (χ0v) is 7.47. The van der Waals surface area contributed by atoms with Crippen molar-refractivity contribution in [3.63, 3.8) is 0 Å². The maximum atomic E-state index is 11.5. The third kappa shape index (κ3) is 1.33. The normalized spacial score (nSPS) is 16.2. The molecular formula is C10H11N2O+. The summed E-state index contributed by atoms with van der Waals surface area (Å²) in [7, 11) is 1.78. The lowest BCUT2D eigenvalue weighted by Gasteiger charge is -1.98. The minimum Gasteiger partial charge on any atom is -0.134 e. The first-order valence-electron chi connectivity index (χ1n) is 4.23. The monoisotopic (exact) mass is 175 g/mol. The summed E-state index contributed by atoms with van der Waals surface area (Å²) in [6, 6.07) is 9.69. The van der Waals surface area contributed by atoms with E-state index in [2.05, 4.69) is 0 Å². The minimum absolute atomic E-state index is 0.688. The lowest BCUT2D eigenvalue weighted by molar-refractivity contribution is -0.616. The maximum Gasteiger partial charge on any atom is 0.297 e. The van der Waals surface area contributed by atoms with Crippen molar-refractivity contribution in [1.29, 1.82) is 0 Å². The van der Waals surface area contributed by atoms with Crippen LogP contribution in [0.1, 0.15) is 5.56 Å². The van der Waals surface area contributed by atoms with Gasteiger partial charge in [0.1, 0.15) is 6.54 Å². The van der Waals surface area contributed by atoms with E-state index in [0.717, 1.165) is 16.1 Å². The van der Waals surface area contributed by atoms with Crippen LogP contribution in [-0.4, -0.2) is 23.5 Å². The van der Waals surface area contributed by atoms with Crippen molar-refractivity contribution in [3.8, 4) is 0 Å². The van der Waals surface area contributed by atoms with Crippen LogP contribution in [0.15, 0.2) is 36.4 Å². The highest BCUT2D eigenvalue weighted by Crippen LogP contribution is 2.20. The van der Waals surface area contributed by atoms with Crippen LogP contribution in [0, 0.1) is 4.91 Å². The lowest BCUT2D eigenvalue weighted by atomic mass is 10.2. The molecule has 0 unspecified atom stereocenters. The number of nitrogens with zero attached hydrogens (tertiary/aromatic N) is 2. The Balaban J connectivity index is 2.34. The molecule has 66 valence electrons. The van der Waals surface area contributed by atoms with E-state index in [4.69, 9.17) is 0 Å². The molecule has 1 aromatic rings. The maximum absolute atomic E-state index is 11.5.